The maximum Gasteiger partial charge on any atom is 0.194 e. The van der Waals surface area contributed by atoms with Crippen molar-refractivity contribution in [1.82, 2.24) is 0 Å². The zero-order valence-electron chi connectivity index (χ0n) is 12.2. The van der Waals surface area contributed by atoms with E-state index in [1.807, 2.05) is 12.1 Å². The Balaban J connectivity index is 2.40. The monoisotopic (exact) mass is 261 g/mol. The molecule has 0 atom stereocenters. The fourth-order valence-corrected chi connectivity index (χ4v) is 2.49. The number of ether oxygens (including phenoxy) is 1. The van der Waals surface area contributed by atoms with Crippen molar-refractivity contribution in [3.8, 4) is 0 Å². The van der Waals surface area contributed by atoms with Gasteiger partial charge in [0, 0.05) is 6.61 Å². The van der Waals surface area contributed by atoms with Crippen molar-refractivity contribution >= 4 is 5.90 Å². The van der Waals surface area contributed by atoms with Gasteiger partial charge in [-0.25, -0.2) is 4.99 Å². The lowest BCUT2D eigenvalue weighted by Crippen LogP contribution is -2.30. The van der Waals surface area contributed by atoms with E-state index in [-0.39, 0.29) is 17.6 Å². The van der Waals surface area contributed by atoms with Crippen LogP contribution in [0.15, 0.2) is 29.3 Å². The van der Waals surface area contributed by atoms with Gasteiger partial charge in [-0.2, -0.15) is 0 Å². The van der Waals surface area contributed by atoms with E-state index in [1.165, 1.54) is 5.56 Å². The quantitative estimate of drug-likeness (QED) is 0.905. The molecule has 1 aliphatic rings. The molecule has 3 heteroatoms. The minimum atomic E-state index is -0.264. The molecule has 0 fully saturated rings. The molecule has 1 heterocycles. The van der Waals surface area contributed by atoms with Gasteiger partial charge in [0.25, 0.3) is 0 Å². The molecule has 0 amide bonds. The van der Waals surface area contributed by atoms with E-state index < -0.39 is 0 Å². The Hall–Kier alpha value is -1.35. The van der Waals surface area contributed by atoms with Crippen molar-refractivity contribution in [3.05, 3.63) is 35.4 Å². The number of hydrogen-bond donors (Lipinski definition) is 1. The van der Waals surface area contributed by atoms with E-state index in [9.17, 15) is 5.11 Å². The van der Waals surface area contributed by atoms with Gasteiger partial charge in [0.1, 0.15) is 6.61 Å². The molecule has 19 heavy (non-hydrogen) atoms. The fraction of sp³-hybridized carbons (Fsp3) is 0.562. The van der Waals surface area contributed by atoms with Crippen molar-refractivity contribution in [1.29, 1.82) is 0 Å². The summed E-state index contributed by atoms with van der Waals surface area (Å²) in [4.78, 5) is 4.70. The normalized spacial score (nSPS) is 18.1. The lowest BCUT2D eigenvalue weighted by molar-refractivity contribution is 0.263. The Morgan fingerprint density at radius 2 is 2.00 bits per heavy atom. The van der Waals surface area contributed by atoms with E-state index in [0.717, 1.165) is 11.5 Å². The Morgan fingerprint density at radius 3 is 2.58 bits per heavy atom. The lowest BCUT2D eigenvalue weighted by Gasteiger charge is -2.27. The van der Waals surface area contributed by atoms with Gasteiger partial charge in [-0.15, -0.1) is 0 Å². The van der Waals surface area contributed by atoms with Crippen LogP contribution < -0.4 is 0 Å². The highest BCUT2D eigenvalue weighted by molar-refractivity contribution is 5.89. The fourth-order valence-electron chi connectivity index (χ4n) is 2.49. The van der Waals surface area contributed by atoms with Gasteiger partial charge in [0.05, 0.1) is 11.0 Å². The van der Waals surface area contributed by atoms with Gasteiger partial charge in [-0.05, 0) is 45.2 Å². The number of nitrogens with zero attached hydrogens (tertiary/aromatic N) is 1. The van der Waals surface area contributed by atoms with Gasteiger partial charge in [-0.3, -0.25) is 0 Å². The Kier molecular flexibility index (Phi) is 3.68. The number of hydrogen-bond acceptors (Lipinski definition) is 3. The highest BCUT2D eigenvalue weighted by Crippen LogP contribution is 2.33. The summed E-state index contributed by atoms with van der Waals surface area (Å²) in [6.45, 7) is 9.21. The maximum atomic E-state index is 9.20. The number of aliphatic imine (C=N–C) groups is 1. The second-order valence-corrected chi connectivity index (χ2v) is 6.27. The van der Waals surface area contributed by atoms with E-state index in [2.05, 4.69) is 39.8 Å². The molecule has 1 aromatic rings. The summed E-state index contributed by atoms with van der Waals surface area (Å²) in [6.07, 6.45) is 0.663. The minimum absolute atomic E-state index is 0.140. The molecule has 0 aliphatic carbocycles. The van der Waals surface area contributed by atoms with Crippen LogP contribution in [0.25, 0.3) is 0 Å². The van der Waals surface area contributed by atoms with Crippen molar-refractivity contribution in [3.63, 3.8) is 0 Å². The highest BCUT2D eigenvalue weighted by Gasteiger charge is 2.37. The first-order chi connectivity index (χ1) is 8.87. The molecule has 0 saturated carbocycles. The topological polar surface area (TPSA) is 41.8 Å². The summed E-state index contributed by atoms with van der Waals surface area (Å²) in [5, 5.41) is 9.20. The largest absolute Gasteiger partial charge is 0.478 e. The van der Waals surface area contributed by atoms with Gasteiger partial charge in [0.15, 0.2) is 5.90 Å². The SMILES string of the molecule is CC1(C)COC(C(C)(C)c2ccccc2CCO)=N1. The third-order valence-corrected chi connectivity index (χ3v) is 3.57. The molecular weight excluding hydrogens is 238 g/mol. The molecule has 0 bridgehead atoms. The van der Waals surface area contributed by atoms with Crippen molar-refractivity contribution in [2.24, 2.45) is 4.99 Å². The standard InChI is InChI=1S/C16H23NO2/c1-15(2)11-19-14(17-15)16(3,4)13-8-6-5-7-12(13)9-10-18/h5-8,18H,9-11H2,1-4H3. The van der Waals surface area contributed by atoms with Crippen molar-refractivity contribution in [2.45, 2.75) is 45.1 Å². The first-order valence-corrected chi connectivity index (χ1v) is 6.79. The van der Waals surface area contributed by atoms with Gasteiger partial charge < -0.3 is 9.84 Å². The summed E-state index contributed by atoms with van der Waals surface area (Å²) in [6, 6.07) is 8.20. The molecule has 1 aromatic carbocycles. The number of aliphatic hydroxyl groups is 1. The zero-order chi connectivity index (χ0) is 14.1. The van der Waals surface area contributed by atoms with Crippen molar-refractivity contribution in [2.75, 3.05) is 13.2 Å². The Morgan fingerprint density at radius 1 is 1.32 bits per heavy atom. The molecule has 0 radical (unpaired) electrons. The summed E-state index contributed by atoms with van der Waals surface area (Å²) < 4.78 is 5.81. The predicted octanol–water partition coefficient (Wildman–Crippen LogP) is 2.71. The van der Waals surface area contributed by atoms with Gasteiger partial charge in [-0.1, -0.05) is 24.3 Å². The smallest absolute Gasteiger partial charge is 0.194 e. The number of rotatable bonds is 4. The number of benzene rings is 1. The first-order valence-electron chi connectivity index (χ1n) is 6.79. The van der Waals surface area contributed by atoms with E-state index in [0.29, 0.717) is 13.0 Å². The molecule has 0 unspecified atom stereocenters. The number of aliphatic hydroxyl groups excluding tert-OH is 1. The molecule has 2 rings (SSSR count). The Bertz CT molecular complexity index is 489. The predicted molar refractivity (Wildman–Crippen MR) is 77.7 cm³/mol. The van der Waals surface area contributed by atoms with Crippen LogP contribution in [0.5, 0.6) is 0 Å². The Labute approximate surface area is 115 Å². The molecule has 0 aromatic heterocycles. The average Bonchev–Trinajstić information content (AvgIpc) is 2.71. The molecular formula is C16H23NO2. The van der Waals surface area contributed by atoms with Crippen LogP contribution in [-0.2, 0) is 16.6 Å². The second-order valence-electron chi connectivity index (χ2n) is 6.27. The lowest BCUT2D eigenvalue weighted by atomic mass is 9.80. The summed E-state index contributed by atoms with van der Waals surface area (Å²) in [5.74, 6) is 0.794. The van der Waals surface area contributed by atoms with Crippen LogP contribution in [0.1, 0.15) is 38.8 Å². The second kappa shape index (κ2) is 4.97. The van der Waals surface area contributed by atoms with Crippen LogP contribution in [0, 0.1) is 0 Å². The van der Waals surface area contributed by atoms with E-state index >= 15 is 0 Å². The minimum Gasteiger partial charge on any atom is -0.478 e. The highest BCUT2D eigenvalue weighted by atomic mass is 16.5. The van der Waals surface area contributed by atoms with Crippen LogP contribution in [0.2, 0.25) is 0 Å². The molecule has 3 nitrogen and oxygen atoms in total. The first kappa shape index (κ1) is 14.1. The summed E-state index contributed by atoms with van der Waals surface area (Å²) >= 11 is 0. The van der Waals surface area contributed by atoms with Gasteiger partial charge >= 0.3 is 0 Å². The molecule has 1 N–H and O–H groups in total. The van der Waals surface area contributed by atoms with Crippen LogP contribution >= 0.6 is 0 Å². The van der Waals surface area contributed by atoms with Crippen molar-refractivity contribution < 1.29 is 9.84 Å². The molecule has 104 valence electrons. The third-order valence-electron chi connectivity index (χ3n) is 3.57. The van der Waals surface area contributed by atoms with Crippen LogP contribution in [0.3, 0.4) is 0 Å². The molecule has 0 spiro atoms. The maximum absolute atomic E-state index is 9.20. The molecule has 1 aliphatic heterocycles. The zero-order valence-corrected chi connectivity index (χ0v) is 12.2. The molecule has 0 saturated heterocycles. The summed E-state index contributed by atoms with van der Waals surface area (Å²) in [5.41, 5.74) is 1.93. The van der Waals surface area contributed by atoms with E-state index in [4.69, 9.17) is 9.73 Å². The third kappa shape index (κ3) is 2.81. The van der Waals surface area contributed by atoms with Gasteiger partial charge in [0.2, 0.25) is 0 Å². The van der Waals surface area contributed by atoms with Crippen LogP contribution in [0.4, 0.5) is 0 Å². The van der Waals surface area contributed by atoms with E-state index in [1.54, 1.807) is 0 Å². The summed E-state index contributed by atoms with van der Waals surface area (Å²) in [7, 11) is 0. The average molecular weight is 261 g/mol. The van der Waals surface area contributed by atoms with Crippen LogP contribution in [-0.4, -0.2) is 29.8 Å².